The second kappa shape index (κ2) is 25.3. The number of phenolic OH excluding ortho intramolecular Hbond substituents is 3. The van der Waals surface area contributed by atoms with E-state index in [1.54, 1.807) is 30.0 Å². The van der Waals surface area contributed by atoms with Gasteiger partial charge in [-0.15, -0.1) is 0 Å². The Bertz CT molecular complexity index is 4460. The molecular weight excluding hydrogens is 1290 g/mol. The number of nitrogens with one attached hydrogen (secondary N) is 1. The second-order valence-electron chi connectivity index (χ2n) is 29.0. The lowest BCUT2D eigenvalue weighted by Gasteiger charge is -2.66. The number of rotatable bonds is 3. The van der Waals surface area contributed by atoms with Gasteiger partial charge >= 0.3 is 11.9 Å². The molecule has 15 bridgehead atoms. The number of phenols is 3. The fraction of sp³-hybridized carbons (Fsp3) is 0.407. The molecule has 97 heavy (non-hydrogen) atoms. The van der Waals surface area contributed by atoms with E-state index in [2.05, 4.69) is 120 Å². The van der Waals surface area contributed by atoms with Gasteiger partial charge in [0.1, 0.15) is 35.4 Å². The van der Waals surface area contributed by atoms with Crippen molar-refractivity contribution in [3.8, 4) is 51.7 Å². The first-order valence-electron chi connectivity index (χ1n) is 34.5. The van der Waals surface area contributed by atoms with Gasteiger partial charge in [-0.2, -0.15) is 0 Å². The van der Waals surface area contributed by atoms with Crippen LogP contribution in [0.2, 0.25) is 0 Å². The Balaban J connectivity index is 0.909. The Morgan fingerprint density at radius 2 is 1.62 bits per heavy atom. The first kappa shape index (κ1) is 63.5. The summed E-state index contributed by atoms with van der Waals surface area (Å²) >= 11 is 0. The van der Waals surface area contributed by atoms with Crippen molar-refractivity contribution in [1.29, 1.82) is 0 Å². The largest absolute Gasteiger partial charge is 0.508 e. The second-order valence-corrected chi connectivity index (χ2v) is 34.1. The third kappa shape index (κ3) is 10.9. The van der Waals surface area contributed by atoms with Gasteiger partial charge in [0.15, 0.2) is 23.0 Å². The van der Waals surface area contributed by atoms with Gasteiger partial charge in [-0.1, -0.05) is 158 Å². The lowest BCUT2D eigenvalue weighted by atomic mass is 9.38. The standard InChI is InChI=1S/C81H79NO11S4/c1-43(83)92-72-33-58-32-64-62-35-74(70(86)28-52(62)26-65-69(85)36-67-63-34-71(87)73(90-2)29-53(63)27-68(72)81(67,78(64)65)56-18-15-46-9-3-4-11-48(46)24-56)91-40-76(88)97-95-42-54-37-80(79(89)93-58)55-17-16-50-25-57(84)31-61(60(50)30-55)49-13-7-8-44(23-49)38-82-39-45-14-19-59-66(80)20-21-75(77(54)59)96-94-41-51-12-6-5-10-47(51)22-45/h3-13,16-17,20-21,23-25,28-31,34-35,45,54,58-59,64-69,72,75-78,82,84-88H,15,18,22,26-27,32-33,36-42H2,1-2H3/t45-,54-,58+,59-,64+,65+,66+,67+,68-,69+,72-,75+,76+,77+,78+,80-,81+/m1/s1. The van der Waals surface area contributed by atoms with Gasteiger partial charge < -0.3 is 49.8 Å². The smallest absolute Gasteiger partial charge is 0.317 e. The number of ether oxygens (including phenoxy) is 4. The van der Waals surface area contributed by atoms with E-state index >= 15 is 4.79 Å². The zero-order valence-corrected chi connectivity index (χ0v) is 57.5. The molecule has 3 heterocycles. The molecule has 7 aromatic rings. The van der Waals surface area contributed by atoms with Crippen molar-refractivity contribution in [2.45, 2.75) is 123 Å². The molecule has 0 amide bonds. The molecule has 16 heteroatoms. The molecular formula is C81H79NO11S4. The van der Waals surface area contributed by atoms with Crippen LogP contribution in [0.5, 0.6) is 28.7 Å². The van der Waals surface area contributed by atoms with E-state index < -0.39 is 58.3 Å². The van der Waals surface area contributed by atoms with Crippen LogP contribution in [0.3, 0.4) is 0 Å². The van der Waals surface area contributed by atoms with Crippen molar-refractivity contribution < 1.29 is 54.1 Å². The summed E-state index contributed by atoms with van der Waals surface area (Å²) in [6.07, 6.45) is 8.69. The minimum absolute atomic E-state index is 0.00891. The molecule has 0 radical (unpaired) electrons. The highest BCUT2D eigenvalue weighted by atomic mass is 33.1. The molecule has 1 spiro atoms. The number of aliphatic hydroxyl groups is 2. The molecule has 0 saturated heterocycles. The van der Waals surface area contributed by atoms with E-state index in [4.69, 9.17) is 18.9 Å². The zero-order chi connectivity index (χ0) is 66.0. The van der Waals surface area contributed by atoms with Crippen molar-refractivity contribution in [1.82, 2.24) is 5.32 Å². The van der Waals surface area contributed by atoms with Crippen LogP contribution in [0.4, 0.5) is 0 Å². The predicted octanol–water partition coefficient (Wildman–Crippen LogP) is 14.6. The Morgan fingerprint density at radius 3 is 2.48 bits per heavy atom. The van der Waals surface area contributed by atoms with Crippen molar-refractivity contribution in [3.63, 3.8) is 0 Å². The first-order chi connectivity index (χ1) is 47.2. The summed E-state index contributed by atoms with van der Waals surface area (Å²) < 4.78 is 27.2. The number of carbonyl (C=O) groups is 2. The van der Waals surface area contributed by atoms with E-state index in [0.29, 0.717) is 56.7 Å². The van der Waals surface area contributed by atoms with E-state index in [1.165, 1.54) is 40.0 Å². The van der Waals surface area contributed by atoms with Crippen molar-refractivity contribution in [2.24, 2.45) is 52.8 Å². The fourth-order valence-corrected chi connectivity index (χ4v) is 25.5. The van der Waals surface area contributed by atoms with Gasteiger partial charge in [-0.05, 0) is 213 Å². The highest BCUT2D eigenvalue weighted by Crippen LogP contribution is 2.73. The topological polar surface area (TPSA) is 184 Å². The number of carbonyl (C=O) groups excluding carboxylic acids is 2. The number of allylic oxidation sites excluding steroid dienone is 2. The minimum Gasteiger partial charge on any atom is -0.508 e. The lowest BCUT2D eigenvalue weighted by Crippen LogP contribution is -2.64. The summed E-state index contributed by atoms with van der Waals surface area (Å²) in [6.45, 7) is 2.60. The molecule has 17 rings (SSSR count). The quantitative estimate of drug-likeness (QED) is 0.0425. The van der Waals surface area contributed by atoms with Crippen molar-refractivity contribution in [2.75, 3.05) is 26.0 Å². The molecule has 3 aliphatic heterocycles. The summed E-state index contributed by atoms with van der Waals surface area (Å²) in [5, 5.41) is 66.6. The van der Waals surface area contributed by atoms with Crippen LogP contribution in [0.25, 0.3) is 28.0 Å². The summed E-state index contributed by atoms with van der Waals surface area (Å²) in [5.41, 5.74) is 10.2. The Morgan fingerprint density at radius 1 is 0.773 bits per heavy atom. The van der Waals surface area contributed by atoms with Crippen LogP contribution in [0.1, 0.15) is 106 Å². The number of esters is 2. The number of aromatic hydroxyl groups is 3. The molecule has 6 N–H and O–H groups in total. The lowest BCUT2D eigenvalue weighted by molar-refractivity contribution is -0.182. The Hall–Kier alpha value is -6.94. The van der Waals surface area contributed by atoms with Crippen molar-refractivity contribution in [3.05, 3.63) is 201 Å². The van der Waals surface area contributed by atoms with Crippen LogP contribution >= 0.6 is 43.2 Å². The highest BCUT2D eigenvalue weighted by Gasteiger charge is 2.68. The summed E-state index contributed by atoms with van der Waals surface area (Å²) in [4.78, 5) is 32.1. The van der Waals surface area contributed by atoms with Crippen LogP contribution in [-0.4, -0.2) is 92.5 Å². The van der Waals surface area contributed by atoms with Gasteiger partial charge in [0.05, 0.1) is 13.2 Å². The third-order valence-corrected chi connectivity index (χ3v) is 29.3. The number of hydrogen-bond donors (Lipinski definition) is 6. The summed E-state index contributed by atoms with van der Waals surface area (Å²) in [5.74, 6) is 6.06. The molecule has 498 valence electrons. The average Bonchev–Trinajstić information content (AvgIpc) is 0.697. The highest BCUT2D eigenvalue weighted by molar-refractivity contribution is 8.77. The molecule has 0 aromatic heterocycles. The van der Waals surface area contributed by atoms with E-state index in [9.17, 15) is 30.3 Å². The van der Waals surface area contributed by atoms with Crippen LogP contribution in [0.15, 0.2) is 145 Å². The van der Waals surface area contributed by atoms with Gasteiger partial charge in [-0.3, -0.25) is 9.59 Å². The molecule has 0 unspecified atom stereocenters. The normalized spacial score (nSPS) is 32.9. The maximum atomic E-state index is 17.7. The molecule has 12 nitrogen and oxygen atoms in total. The molecule has 10 aliphatic rings. The molecule has 3 saturated carbocycles. The summed E-state index contributed by atoms with van der Waals surface area (Å²) in [6, 6.07) is 43.2. The van der Waals surface area contributed by atoms with Gasteiger partial charge in [0, 0.05) is 72.3 Å². The molecule has 17 atom stereocenters. The number of benzene rings is 7. The number of aryl methyl sites for hydroxylation is 1. The number of methoxy groups -OCH3 is 1. The van der Waals surface area contributed by atoms with E-state index in [-0.39, 0.29) is 95.1 Å². The maximum absolute atomic E-state index is 17.7. The number of hydrogen-bond acceptors (Lipinski definition) is 16. The van der Waals surface area contributed by atoms with Gasteiger partial charge in [0.2, 0.25) is 0 Å². The average molecular weight is 1370 g/mol. The Kier molecular flexibility index (Phi) is 16.6. The van der Waals surface area contributed by atoms with Crippen LogP contribution in [0, 0.1) is 64.6 Å². The van der Waals surface area contributed by atoms with E-state index in [1.807, 2.05) is 51.9 Å². The van der Waals surface area contributed by atoms with Gasteiger partial charge in [-0.25, -0.2) is 0 Å². The maximum Gasteiger partial charge on any atom is 0.317 e. The predicted molar refractivity (Wildman–Crippen MR) is 384 cm³/mol. The van der Waals surface area contributed by atoms with Gasteiger partial charge in [0.25, 0.3) is 0 Å². The van der Waals surface area contributed by atoms with Crippen LogP contribution in [-0.2, 0) is 62.5 Å². The third-order valence-electron chi connectivity index (χ3n) is 24.0. The monoisotopic (exact) mass is 1370 g/mol. The summed E-state index contributed by atoms with van der Waals surface area (Å²) in [7, 11) is 8.22. The first-order valence-corrected chi connectivity index (χ1v) is 39.3. The SMILES string of the molecule is COc1cc2c(cc1O)[C@@H]1C[C@H](O)[C@@H]3Cc4cc(O)c5cc4[C@@H]4C[C@@H](C[C@@H](OC(C)=O)[C@@H](C2)[C@@]1(C1=Cc2ccccc2CC1)[C@H]34)OC(=O)[C@]12C[C@H](CSS[C@H](O)CO5)[C@H]3[C@@H]4C#C[C@@H](CNCc5cccc(c5)-c5cc(O)cc6ccc1cc56)Cc1ccccc1CSS[C@H]3C=C[C@@H]42. The van der Waals surface area contributed by atoms with Crippen molar-refractivity contribution >= 4 is 72.0 Å². The number of fused-ring (bicyclic) bond motifs is 12. The number of aliphatic hydroxyl groups excluding tert-OH is 2. The fourth-order valence-electron chi connectivity index (χ4n) is 20.2. The van der Waals surface area contributed by atoms with Crippen LogP contribution < -0.4 is 14.8 Å². The molecule has 7 aliphatic carbocycles. The zero-order valence-electron chi connectivity index (χ0n) is 54.2. The van der Waals surface area contributed by atoms with E-state index in [0.717, 1.165) is 79.4 Å². The molecule has 3 fully saturated rings. The minimum atomic E-state index is -1.38. The molecule has 7 aromatic carbocycles. The Labute approximate surface area is 582 Å².